The monoisotopic (exact) mass is 309 g/mol. The lowest BCUT2D eigenvalue weighted by molar-refractivity contribution is -0.667. The molecule has 0 radical (unpaired) electrons. The Kier molecular flexibility index (Phi) is 5.62. The van der Waals surface area contributed by atoms with Gasteiger partial charge in [-0.3, -0.25) is 0 Å². The number of pyridine rings is 1. The lowest BCUT2D eigenvalue weighted by atomic mass is 10.2. The van der Waals surface area contributed by atoms with Gasteiger partial charge in [-0.05, 0) is 19.1 Å². The smallest absolute Gasteiger partial charge is 0.497 e. The van der Waals surface area contributed by atoms with Crippen LogP contribution in [-0.4, -0.2) is 14.4 Å². The summed E-state index contributed by atoms with van der Waals surface area (Å²) in [6, 6.07) is 7.83. The van der Waals surface area contributed by atoms with Gasteiger partial charge >= 0.3 is 7.25 Å². The highest BCUT2D eigenvalue weighted by Gasteiger charge is 2.20. The summed E-state index contributed by atoms with van der Waals surface area (Å²) < 4.78 is 46.3. The Labute approximate surface area is 119 Å². The minimum atomic E-state index is -6.00. The number of aromatic nitrogens is 1. The molecule has 0 aliphatic heterocycles. The molecule has 0 fully saturated rings. The summed E-state index contributed by atoms with van der Waals surface area (Å²) in [6.45, 7) is 3.02. The minimum absolute atomic E-state index is 0.775. The van der Waals surface area contributed by atoms with Crippen LogP contribution in [0.25, 0.3) is 10.9 Å². The van der Waals surface area contributed by atoms with Crippen molar-refractivity contribution in [1.29, 1.82) is 0 Å². The highest BCUT2D eigenvalue weighted by molar-refractivity contribution is 6.50. The molecule has 1 aromatic heterocycles. The molecule has 0 atom stereocenters. The molecule has 2 aromatic rings. The number of rotatable bonds is 2. The van der Waals surface area contributed by atoms with Gasteiger partial charge < -0.3 is 22.0 Å². The summed E-state index contributed by atoms with van der Waals surface area (Å²) in [6.07, 6.45) is 1.99. The zero-order valence-electron chi connectivity index (χ0n) is 10.9. The highest BCUT2D eigenvalue weighted by Crippen LogP contribution is 2.24. The molecule has 2 nitrogen and oxygen atoms in total. The van der Waals surface area contributed by atoms with Gasteiger partial charge in [-0.25, -0.2) is 0 Å². The van der Waals surface area contributed by atoms with Crippen LogP contribution in [0.5, 0.6) is 5.75 Å². The van der Waals surface area contributed by atoms with Crippen molar-refractivity contribution >= 4 is 29.8 Å². The fourth-order valence-electron chi connectivity index (χ4n) is 1.68. The maximum absolute atomic E-state index is 9.75. The predicted molar refractivity (Wildman–Crippen MR) is 71.6 cm³/mol. The molecule has 1 heterocycles. The van der Waals surface area contributed by atoms with Gasteiger partial charge in [-0.2, -0.15) is 4.57 Å². The minimum Gasteiger partial charge on any atom is -0.497 e. The summed E-state index contributed by atoms with van der Waals surface area (Å²) in [5.41, 5.74) is 1.10. The van der Waals surface area contributed by atoms with Crippen LogP contribution in [0, 0.1) is 0 Å². The molecule has 0 N–H and O–H groups in total. The number of nitrogens with zero attached hydrogens (tertiary/aromatic N) is 1. The van der Waals surface area contributed by atoms with Crippen LogP contribution in [0.3, 0.4) is 0 Å². The van der Waals surface area contributed by atoms with Gasteiger partial charge in [-0.1, -0.05) is 11.6 Å². The Morgan fingerprint density at radius 3 is 2.30 bits per heavy atom. The zero-order valence-corrected chi connectivity index (χ0v) is 11.7. The molecule has 8 heteroatoms. The Hall–Kier alpha value is -1.50. The van der Waals surface area contributed by atoms with Gasteiger partial charge in [0.05, 0.1) is 23.6 Å². The number of methoxy groups -OCH3 is 1. The maximum atomic E-state index is 9.75. The molecule has 110 valence electrons. The van der Waals surface area contributed by atoms with Gasteiger partial charge in [0.15, 0.2) is 6.20 Å². The lowest BCUT2D eigenvalue weighted by Gasteiger charge is -2.03. The van der Waals surface area contributed by atoms with E-state index in [1.165, 1.54) is 0 Å². The van der Waals surface area contributed by atoms with Gasteiger partial charge in [-0.15, -0.1) is 0 Å². The van der Waals surface area contributed by atoms with Crippen molar-refractivity contribution in [2.75, 3.05) is 7.11 Å². The maximum Gasteiger partial charge on any atom is 0.673 e. The van der Waals surface area contributed by atoms with E-state index in [9.17, 15) is 17.3 Å². The normalized spacial score (nSPS) is 10.9. The molecule has 1 aromatic carbocycles. The third-order valence-corrected chi connectivity index (χ3v) is 2.84. The summed E-state index contributed by atoms with van der Waals surface area (Å²) in [7, 11) is -4.33. The Morgan fingerprint density at radius 1 is 1.20 bits per heavy atom. The van der Waals surface area contributed by atoms with E-state index in [0.717, 1.165) is 28.2 Å². The molecule has 0 aliphatic carbocycles. The molecule has 0 amide bonds. The van der Waals surface area contributed by atoms with Crippen molar-refractivity contribution in [3.8, 4) is 5.75 Å². The quantitative estimate of drug-likeness (QED) is 0.462. The number of hydrogen-bond acceptors (Lipinski definition) is 1. The molecule has 20 heavy (non-hydrogen) atoms. The number of aryl methyl sites for hydroxylation is 1. The number of fused-ring (bicyclic) bond motifs is 1. The second-order valence-electron chi connectivity index (χ2n) is 3.83. The molecular weight excluding hydrogens is 296 g/mol. The Bertz CT molecular complexity index is 585. The summed E-state index contributed by atoms with van der Waals surface area (Å²) in [5.74, 6) is 0.854. The van der Waals surface area contributed by atoms with Crippen LogP contribution in [0.15, 0.2) is 30.5 Å². The number of ether oxygens (including phenoxy) is 1. The number of benzene rings is 1. The van der Waals surface area contributed by atoms with Crippen molar-refractivity contribution in [3.05, 3.63) is 35.5 Å². The first-order chi connectivity index (χ1) is 9.26. The topological polar surface area (TPSA) is 13.1 Å². The van der Waals surface area contributed by atoms with Crippen LogP contribution < -0.4 is 9.30 Å². The van der Waals surface area contributed by atoms with E-state index >= 15 is 0 Å². The molecular formula is C12H13BClF4NO. The fraction of sp³-hybridized carbons (Fsp3) is 0.250. The van der Waals surface area contributed by atoms with Crippen LogP contribution in [0.2, 0.25) is 5.02 Å². The molecule has 0 saturated heterocycles. The molecule has 0 bridgehead atoms. The second-order valence-corrected chi connectivity index (χ2v) is 4.23. The van der Waals surface area contributed by atoms with Crippen molar-refractivity contribution in [2.45, 2.75) is 13.5 Å². The first kappa shape index (κ1) is 16.6. The van der Waals surface area contributed by atoms with Crippen molar-refractivity contribution in [3.63, 3.8) is 0 Å². The summed E-state index contributed by atoms with van der Waals surface area (Å²) in [5, 5.41) is 1.83. The van der Waals surface area contributed by atoms with E-state index in [0.29, 0.717) is 0 Å². The SMILES string of the molecule is CC[n+]1ccc(Cl)c2ccc(OC)cc21.F[B-](F)(F)F. The first-order valence-electron chi connectivity index (χ1n) is 5.79. The van der Waals surface area contributed by atoms with Gasteiger partial charge in [0.1, 0.15) is 12.3 Å². The molecule has 0 aliphatic rings. The molecule has 0 saturated carbocycles. The van der Waals surface area contributed by atoms with Crippen molar-refractivity contribution < 1.29 is 26.6 Å². The van der Waals surface area contributed by atoms with E-state index in [4.69, 9.17) is 16.3 Å². The third kappa shape index (κ3) is 4.88. The Balaban J connectivity index is 0.000000347. The first-order valence-corrected chi connectivity index (χ1v) is 6.17. The number of hydrogen-bond donors (Lipinski definition) is 0. The van der Waals surface area contributed by atoms with Crippen LogP contribution in [0.1, 0.15) is 6.92 Å². The summed E-state index contributed by atoms with van der Waals surface area (Å²) in [4.78, 5) is 0. The average Bonchev–Trinajstić information content (AvgIpc) is 2.37. The van der Waals surface area contributed by atoms with Gasteiger partial charge in [0, 0.05) is 6.07 Å². The van der Waals surface area contributed by atoms with E-state index < -0.39 is 7.25 Å². The third-order valence-electron chi connectivity index (χ3n) is 2.51. The zero-order chi connectivity index (χ0) is 15.3. The van der Waals surface area contributed by atoms with Crippen LogP contribution in [-0.2, 0) is 6.54 Å². The predicted octanol–water partition coefficient (Wildman–Crippen LogP) is 4.11. The van der Waals surface area contributed by atoms with E-state index in [1.54, 1.807) is 7.11 Å². The van der Waals surface area contributed by atoms with Crippen LogP contribution >= 0.6 is 11.6 Å². The van der Waals surface area contributed by atoms with Crippen LogP contribution in [0.4, 0.5) is 17.3 Å². The fourth-order valence-corrected chi connectivity index (χ4v) is 1.90. The molecule has 0 unspecified atom stereocenters. The van der Waals surface area contributed by atoms with Crippen molar-refractivity contribution in [1.82, 2.24) is 0 Å². The molecule has 2 rings (SSSR count). The second kappa shape index (κ2) is 6.79. The highest BCUT2D eigenvalue weighted by atomic mass is 35.5. The van der Waals surface area contributed by atoms with E-state index in [2.05, 4.69) is 11.5 Å². The lowest BCUT2D eigenvalue weighted by Crippen LogP contribution is -2.32. The van der Waals surface area contributed by atoms with Gasteiger partial charge in [0.2, 0.25) is 5.52 Å². The standard InChI is InChI=1S/C12H13ClNO.BF4/c1-3-14-7-6-11(13)10-5-4-9(15-2)8-12(10)14;2-1(3,4)5/h4-8H,3H2,1-2H3;/q+1;-1. The average molecular weight is 309 g/mol. The Morgan fingerprint density at radius 2 is 1.80 bits per heavy atom. The summed E-state index contributed by atoms with van der Waals surface area (Å²) >= 11 is 6.13. The van der Waals surface area contributed by atoms with Gasteiger partial charge in [0.25, 0.3) is 0 Å². The van der Waals surface area contributed by atoms with E-state index in [-0.39, 0.29) is 0 Å². The number of halogens is 5. The van der Waals surface area contributed by atoms with Crippen molar-refractivity contribution in [2.24, 2.45) is 0 Å². The van der Waals surface area contributed by atoms with E-state index in [1.807, 2.05) is 30.5 Å². The molecule has 0 spiro atoms. The largest absolute Gasteiger partial charge is 0.673 e.